The molecule has 0 radical (unpaired) electrons. The van der Waals surface area contributed by atoms with Crippen LogP contribution in [0.15, 0.2) is 29.2 Å². The number of hydrazine groups is 1. The number of hydrogen-bond donors (Lipinski definition) is 4. The van der Waals surface area contributed by atoms with E-state index in [1.807, 2.05) is 0 Å². The zero-order valence-corrected chi connectivity index (χ0v) is 14.5. The van der Waals surface area contributed by atoms with Crippen LogP contribution in [0.2, 0.25) is 0 Å². The van der Waals surface area contributed by atoms with E-state index in [2.05, 4.69) is 20.9 Å². The van der Waals surface area contributed by atoms with Crippen molar-refractivity contribution < 1.29 is 17.6 Å². The molecule has 4 N–H and O–H groups in total. The fraction of sp³-hybridized carbons (Fsp3) is 0.429. The van der Waals surface area contributed by atoms with E-state index in [-0.39, 0.29) is 10.0 Å². The van der Waals surface area contributed by atoms with Gasteiger partial charge >= 0.3 is 0 Å². The Morgan fingerprint density at radius 1 is 1.17 bits per heavy atom. The van der Waals surface area contributed by atoms with E-state index in [1.165, 1.54) is 0 Å². The number of carbonyl (C=O) groups excluding carboxylic acids is 1. The minimum Gasteiger partial charge on any atom is -0.359 e. The highest BCUT2D eigenvalue weighted by molar-refractivity contribution is 7.89. The van der Waals surface area contributed by atoms with E-state index in [0.29, 0.717) is 6.04 Å². The topological polar surface area (TPSA) is 99.3 Å². The number of hydrogen-bond acceptors (Lipinski definition) is 4. The highest BCUT2D eigenvalue weighted by Crippen LogP contribution is 2.17. The van der Waals surface area contributed by atoms with Gasteiger partial charge in [-0.05, 0) is 49.3 Å². The molecule has 0 saturated heterocycles. The van der Waals surface area contributed by atoms with E-state index < -0.39 is 28.3 Å². The number of amides is 1. The van der Waals surface area contributed by atoms with Gasteiger partial charge in [0.25, 0.3) is 5.91 Å². The first-order valence-corrected chi connectivity index (χ1v) is 9.36. The second-order valence-electron chi connectivity index (χ2n) is 5.41. The van der Waals surface area contributed by atoms with Crippen molar-refractivity contribution in [2.45, 2.75) is 36.6 Å². The van der Waals surface area contributed by atoms with Gasteiger partial charge in [0.1, 0.15) is 5.82 Å². The summed E-state index contributed by atoms with van der Waals surface area (Å²) in [6, 6.07) is 4.61. The van der Waals surface area contributed by atoms with Gasteiger partial charge in [-0.2, -0.15) is 0 Å². The largest absolute Gasteiger partial charge is 0.359 e. The molecule has 132 valence electrons. The van der Waals surface area contributed by atoms with Gasteiger partial charge in [0.05, 0.1) is 11.4 Å². The van der Waals surface area contributed by atoms with Gasteiger partial charge in [-0.1, -0.05) is 12.8 Å². The fourth-order valence-electron chi connectivity index (χ4n) is 2.32. The average Bonchev–Trinajstić information content (AvgIpc) is 3.04. The minimum atomic E-state index is -3.88. The van der Waals surface area contributed by atoms with Gasteiger partial charge < -0.3 is 5.32 Å². The lowest BCUT2D eigenvalue weighted by Crippen LogP contribution is -2.51. The minimum absolute atomic E-state index is 0.122. The van der Waals surface area contributed by atoms with E-state index in [4.69, 9.17) is 12.2 Å². The zero-order valence-electron chi connectivity index (χ0n) is 12.8. The third kappa shape index (κ3) is 5.69. The maximum Gasteiger partial charge on any atom is 0.253 e. The second-order valence-corrected chi connectivity index (χ2v) is 7.58. The molecule has 0 aromatic heterocycles. The lowest BCUT2D eigenvalue weighted by Gasteiger charge is -2.16. The molecule has 0 bridgehead atoms. The number of benzene rings is 1. The van der Waals surface area contributed by atoms with Crippen molar-refractivity contribution in [3.05, 3.63) is 30.1 Å². The quantitative estimate of drug-likeness (QED) is 0.444. The summed E-state index contributed by atoms with van der Waals surface area (Å²) >= 11 is 5.04. The standard InChI is InChI=1S/C14H19FN4O3S2/c15-10-5-7-12(8-6-10)24(21,22)16-9-13(20)18-19-14(23)17-11-3-1-2-4-11/h5-8,11,16H,1-4,9H2,(H,18,20)(H2,17,19,23). The van der Waals surface area contributed by atoms with Crippen LogP contribution in [0.3, 0.4) is 0 Å². The molecule has 0 heterocycles. The van der Waals surface area contributed by atoms with Gasteiger partial charge in [-0.3, -0.25) is 15.6 Å². The Labute approximate surface area is 145 Å². The first-order chi connectivity index (χ1) is 11.4. The summed E-state index contributed by atoms with van der Waals surface area (Å²) in [4.78, 5) is 11.5. The number of thiocarbonyl (C=S) groups is 1. The summed E-state index contributed by atoms with van der Waals surface area (Å²) in [7, 11) is -3.88. The number of rotatable bonds is 5. The van der Waals surface area contributed by atoms with Crippen LogP contribution in [0.1, 0.15) is 25.7 Å². The maximum atomic E-state index is 12.8. The summed E-state index contributed by atoms with van der Waals surface area (Å²) < 4.78 is 38.8. The van der Waals surface area contributed by atoms with Gasteiger partial charge in [0, 0.05) is 6.04 Å². The Morgan fingerprint density at radius 2 is 1.79 bits per heavy atom. The van der Waals surface area contributed by atoms with Gasteiger partial charge in [0.2, 0.25) is 10.0 Å². The van der Waals surface area contributed by atoms with Crippen LogP contribution in [0.25, 0.3) is 0 Å². The van der Waals surface area contributed by atoms with Gasteiger partial charge in [-0.15, -0.1) is 0 Å². The van der Waals surface area contributed by atoms with Gasteiger partial charge in [-0.25, -0.2) is 17.5 Å². The van der Waals surface area contributed by atoms with Crippen molar-refractivity contribution in [2.75, 3.05) is 6.54 Å². The molecule has 1 aromatic carbocycles. The highest BCUT2D eigenvalue weighted by atomic mass is 32.2. The summed E-state index contributed by atoms with van der Waals surface area (Å²) in [6.07, 6.45) is 4.37. The van der Waals surface area contributed by atoms with E-state index >= 15 is 0 Å². The summed E-state index contributed by atoms with van der Waals surface area (Å²) in [5, 5.41) is 3.36. The molecule has 7 nitrogen and oxygen atoms in total. The van der Waals surface area contributed by atoms with Crippen LogP contribution in [-0.4, -0.2) is 32.0 Å². The third-order valence-electron chi connectivity index (χ3n) is 3.55. The Balaban J connectivity index is 1.73. The van der Waals surface area contributed by atoms with Crippen LogP contribution < -0.4 is 20.9 Å². The lowest BCUT2D eigenvalue weighted by atomic mass is 10.3. The molecule has 1 aromatic rings. The van der Waals surface area contributed by atoms with Crippen LogP contribution in [0, 0.1) is 5.82 Å². The van der Waals surface area contributed by atoms with Crippen molar-refractivity contribution in [3.63, 3.8) is 0 Å². The number of sulfonamides is 1. The molecule has 1 amide bonds. The molecule has 0 atom stereocenters. The van der Waals surface area contributed by atoms with E-state index in [9.17, 15) is 17.6 Å². The smallest absolute Gasteiger partial charge is 0.253 e. The van der Waals surface area contributed by atoms with Crippen molar-refractivity contribution in [2.24, 2.45) is 0 Å². The Morgan fingerprint density at radius 3 is 2.42 bits per heavy atom. The van der Waals surface area contributed by atoms with Crippen molar-refractivity contribution in [3.8, 4) is 0 Å². The Kier molecular flexibility index (Phi) is 6.46. The fourth-order valence-corrected chi connectivity index (χ4v) is 3.52. The Bertz CT molecular complexity index is 688. The monoisotopic (exact) mass is 374 g/mol. The molecule has 0 aliphatic heterocycles. The first-order valence-electron chi connectivity index (χ1n) is 7.47. The molecule has 24 heavy (non-hydrogen) atoms. The van der Waals surface area contributed by atoms with Crippen LogP contribution in [-0.2, 0) is 14.8 Å². The second kappa shape index (κ2) is 8.36. The van der Waals surface area contributed by atoms with Crippen LogP contribution in [0.5, 0.6) is 0 Å². The predicted molar refractivity (Wildman–Crippen MR) is 90.9 cm³/mol. The van der Waals surface area contributed by atoms with Crippen molar-refractivity contribution in [1.82, 2.24) is 20.9 Å². The number of halogens is 1. The predicted octanol–water partition coefficient (Wildman–Crippen LogP) is 0.542. The van der Waals surface area contributed by atoms with Crippen molar-refractivity contribution >= 4 is 33.3 Å². The molecule has 0 spiro atoms. The summed E-state index contributed by atoms with van der Waals surface area (Å²) in [6.45, 7) is -0.473. The zero-order chi connectivity index (χ0) is 17.6. The molecule has 0 unspecified atom stereocenters. The maximum absolute atomic E-state index is 12.8. The van der Waals surface area contributed by atoms with Crippen molar-refractivity contribution in [1.29, 1.82) is 0 Å². The molecule has 1 fully saturated rings. The summed E-state index contributed by atoms with van der Waals surface area (Å²) in [5.74, 6) is -1.14. The average molecular weight is 374 g/mol. The molecular formula is C14H19FN4O3S2. The molecule has 10 heteroatoms. The third-order valence-corrected chi connectivity index (χ3v) is 5.19. The SMILES string of the molecule is O=C(CNS(=O)(=O)c1ccc(F)cc1)NNC(=S)NC1CCCC1. The molecular weight excluding hydrogens is 355 g/mol. The summed E-state index contributed by atoms with van der Waals surface area (Å²) in [5.41, 5.74) is 4.84. The van der Waals surface area contributed by atoms with E-state index in [1.54, 1.807) is 0 Å². The van der Waals surface area contributed by atoms with Crippen LogP contribution in [0.4, 0.5) is 4.39 Å². The molecule has 1 aliphatic carbocycles. The molecule has 1 saturated carbocycles. The first kappa shape index (κ1) is 18.6. The van der Waals surface area contributed by atoms with E-state index in [0.717, 1.165) is 49.9 Å². The van der Waals surface area contributed by atoms with Gasteiger partial charge in [0.15, 0.2) is 5.11 Å². The highest BCUT2D eigenvalue weighted by Gasteiger charge is 2.17. The van der Waals surface area contributed by atoms with Crippen LogP contribution >= 0.6 is 12.2 Å². The molecule has 2 rings (SSSR count). The normalized spacial score (nSPS) is 15.0. The molecule has 1 aliphatic rings. The number of nitrogens with one attached hydrogen (secondary N) is 4. The lowest BCUT2D eigenvalue weighted by molar-refractivity contribution is -0.120. The Hall–Kier alpha value is -1.78. The number of carbonyl (C=O) groups is 1.